The molecule has 1 N–H and O–H groups in total. The number of pyridine rings is 1. The van der Waals surface area contributed by atoms with E-state index < -0.39 is 12.3 Å². The van der Waals surface area contributed by atoms with Crippen LogP contribution in [0.4, 0.5) is 13.2 Å². The van der Waals surface area contributed by atoms with Gasteiger partial charge in [-0.3, -0.25) is 0 Å². The summed E-state index contributed by atoms with van der Waals surface area (Å²) < 4.78 is 41.7. The van der Waals surface area contributed by atoms with Crippen LogP contribution < -0.4 is 10.1 Å². The molecule has 1 rings (SSSR count). The van der Waals surface area contributed by atoms with Gasteiger partial charge >= 0.3 is 6.18 Å². The van der Waals surface area contributed by atoms with Crippen LogP contribution in [0.2, 0.25) is 0 Å². The normalized spacial score (nSPS) is 13.5. The molecule has 0 aromatic carbocycles. The monoisotopic (exact) mass is 248 g/mol. The van der Waals surface area contributed by atoms with E-state index in [1.54, 1.807) is 20.0 Å². The van der Waals surface area contributed by atoms with Gasteiger partial charge in [-0.1, -0.05) is 0 Å². The first-order valence-corrected chi connectivity index (χ1v) is 5.18. The van der Waals surface area contributed by atoms with Crippen molar-refractivity contribution in [3.63, 3.8) is 0 Å². The smallest absolute Gasteiger partial charge is 0.425 e. The summed E-state index contributed by atoms with van der Waals surface area (Å²) in [5, 5.41) is 2.92. The van der Waals surface area contributed by atoms with Crippen LogP contribution in [0.5, 0.6) is 5.88 Å². The molecular weight excluding hydrogens is 233 g/mol. The summed E-state index contributed by atoms with van der Waals surface area (Å²) in [7, 11) is 1.76. The zero-order chi connectivity index (χ0) is 13.1. The highest BCUT2D eigenvalue weighted by molar-refractivity contribution is 5.24. The third-order valence-electron chi connectivity index (χ3n) is 2.13. The highest BCUT2D eigenvalue weighted by atomic mass is 19.4. The Morgan fingerprint density at radius 3 is 2.59 bits per heavy atom. The second-order valence-corrected chi connectivity index (χ2v) is 3.79. The minimum absolute atomic E-state index is 0.0000694. The van der Waals surface area contributed by atoms with Crippen LogP contribution in [0.25, 0.3) is 0 Å². The lowest BCUT2D eigenvalue weighted by molar-refractivity contribution is -0.190. The van der Waals surface area contributed by atoms with Gasteiger partial charge in [0.1, 0.15) is 0 Å². The maximum Gasteiger partial charge on any atom is 0.425 e. The van der Waals surface area contributed by atoms with Crippen LogP contribution in [0, 0.1) is 6.92 Å². The molecule has 0 aliphatic carbocycles. The minimum Gasteiger partial charge on any atom is -0.465 e. The molecule has 0 amide bonds. The molecule has 0 fully saturated rings. The number of hydrogen-bond donors (Lipinski definition) is 1. The fraction of sp³-hybridized carbons (Fsp3) is 0.545. The van der Waals surface area contributed by atoms with Crippen molar-refractivity contribution in [3.8, 4) is 5.88 Å². The van der Waals surface area contributed by atoms with Crippen molar-refractivity contribution in [1.29, 1.82) is 0 Å². The fourth-order valence-electron chi connectivity index (χ4n) is 1.32. The molecule has 17 heavy (non-hydrogen) atoms. The van der Waals surface area contributed by atoms with Crippen LogP contribution in [-0.2, 0) is 6.54 Å². The Balaban J connectivity index is 2.84. The van der Waals surface area contributed by atoms with Crippen molar-refractivity contribution in [1.82, 2.24) is 10.3 Å². The van der Waals surface area contributed by atoms with E-state index in [0.717, 1.165) is 12.5 Å². The first kappa shape index (κ1) is 13.8. The van der Waals surface area contributed by atoms with Crippen molar-refractivity contribution >= 4 is 0 Å². The molecule has 96 valence electrons. The summed E-state index contributed by atoms with van der Waals surface area (Å²) in [5.74, 6) is 0.0000694. The molecule has 1 aromatic rings. The van der Waals surface area contributed by atoms with E-state index in [4.69, 9.17) is 4.74 Å². The Morgan fingerprint density at radius 1 is 1.41 bits per heavy atom. The van der Waals surface area contributed by atoms with Gasteiger partial charge in [-0.15, -0.1) is 0 Å². The number of aryl methyl sites for hydroxylation is 1. The highest BCUT2D eigenvalue weighted by Crippen LogP contribution is 2.24. The van der Waals surface area contributed by atoms with E-state index in [9.17, 15) is 13.2 Å². The topological polar surface area (TPSA) is 34.2 Å². The zero-order valence-corrected chi connectivity index (χ0v) is 9.93. The predicted octanol–water partition coefficient (Wildman–Crippen LogP) is 2.44. The maximum absolute atomic E-state index is 12.3. The van der Waals surface area contributed by atoms with E-state index in [-0.39, 0.29) is 5.88 Å². The van der Waals surface area contributed by atoms with E-state index in [0.29, 0.717) is 12.2 Å². The summed E-state index contributed by atoms with van der Waals surface area (Å²) in [6, 6.07) is 3.30. The van der Waals surface area contributed by atoms with Crippen molar-refractivity contribution in [3.05, 3.63) is 23.4 Å². The van der Waals surface area contributed by atoms with Gasteiger partial charge in [-0.05, 0) is 32.5 Å². The van der Waals surface area contributed by atoms with Crippen LogP contribution in [0.15, 0.2) is 12.1 Å². The summed E-state index contributed by atoms with van der Waals surface area (Å²) in [4.78, 5) is 3.92. The summed E-state index contributed by atoms with van der Waals surface area (Å²) in [5.41, 5.74) is 1.46. The van der Waals surface area contributed by atoms with Gasteiger partial charge in [0.2, 0.25) is 5.88 Å². The SMILES string of the molecule is CNCc1cc(C)nc(OC(C)C(F)(F)F)c1. The lowest BCUT2D eigenvalue weighted by atomic mass is 10.2. The quantitative estimate of drug-likeness (QED) is 0.888. The molecule has 6 heteroatoms. The third kappa shape index (κ3) is 4.22. The molecule has 0 saturated heterocycles. The molecule has 0 aliphatic heterocycles. The molecule has 0 radical (unpaired) electrons. The predicted molar refractivity (Wildman–Crippen MR) is 57.9 cm³/mol. The van der Waals surface area contributed by atoms with Crippen molar-refractivity contribution in [2.24, 2.45) is 0 Å². The molecule has 3 nitrogen and oxygen atoms in total. The molecule has 1 aromatic heterocycles. The van der Waals surface area contributed by atoms with Crippen LogP contribution >= 0.6 is 0 Å². The Bertz CT molecular complexity index is 379. The van der Waals surface area contributed by atoms with Gasteiger partial charge in [0.25, 0.3) is 0 Å². The molecule has 1 heterocycles. The fourth-order valence-corrected chi connectivity index (χ4v) is 1.32. The molecule has 0 bridgehead atoms. The van der Waals surface area contributed by atoms with Gasteiger partial charge in [0.15, 0.2) is 6.10 Å². The van der Waals surface area contributed by atoms with Gasteiger partial charge in [-0.25, -0.2) is 4.98 Å². The van der Waals surface area contributed by atoms with Crippen LogP contribution in [0.3, 0.4) is 0 Å². The molecule has 1 atom stereocenters. The largest absolute Gasteiger partial charge is 0.465 e. The van der Waals surface area contributed by atoms with Gasteiger partial charge in [-0.2, -0.15) is 13.2 Å². The number of rotatable bonds is 4. The minimum atomic E-state index is -4.38. The summed E-state index contributed by atoms with van der Waals surface area (Å²) in [6.07, 6.45) is -6.24. The Labute approximate surface area is 98.0 Å². The first-order valence-electron chi connectivity index (χ1n) is 5.18. The van der Waals surface area contributed by atoms with E-state index in [1.807, 2.05) is 0 Å². The average Bonchev–Trinajstić information content (AvgIpc) is 2.15. The third-order valence-corrected chi connectivity index (χ3v) is 2.13. The average molecular weight is 248 g/mol. The van der Waals surface area contributed by atoms with E-state index in [2.05, 4.69) is 10.3 Å². The van der Waals surface area contributed by atoms with Crippen molar-refractivity contribution < 1.29 is 17.9 Å². The molecule has 0 saturated carbocycles. The number of ether oxygens (including phenoxy) is 1. The number of hydrogen-bond acceptors (Lipinski definition) is 3. The highest BCUT2D eigenvalue weighted by Gasteiger charge is 2.38. The number of nitrogens with zero attached hydrogens (tertiary/aromatic N) is 1. The number of alkyl halides is 3. The number of halogens is 3. The lowest BCUT2D eigenvalue weighted by Crippen LogP contribution is -2.31. The van der Waals surface area contributed by atoms with Crippen molar-refractivity contribution in [2.75, 3.05) is 7.05 Å². The van der Waals surface area contributed by atoms with Gasteiger partial charge < -0.3 is 10.1 Å². The Kier molecular flexibility index (Phi) is 4.34. The van der Waals surface area contributed by atoms with E-state index >= 15 is 0 Å². The molecular formula is C11H15F3N2O. The molecule has 0 aliphatic rings. The number of nitrogens with one attached hydrogen (secondary N) is 1. The first-order chi connectivity index (χ1) is 7.82. The summed E-state index contributed by atoms with van der Waals surface area (Å²) >= 11 is 0. The second-order valence-electron chi connectivity index (χ2n) is 3.79. The van der Waals surface area contributed by atoms with Gasteiger partial charge in [0, 0.05) is 18.3 Å². The van der Waals surface area contributed by atoms with Gasteiger partial charge in [0.05, 0.1) is 0 Å². The molecule has 0 spiro atoms. The maximum atomic E-state index is 12.3. The van der Waals surface area contributed by atoms with Crippen LogP contribution in [-0.4, -0.2) is 24.3 Å². The zero-order valence-electron chi connectivity index (χ0n) is 9.93. The van der Waals surface area contributed by atoms with Crippen molar-refractivity contribution in [2.45, 2.75) is 32.7 Å². The van der Waals surface area contributed by atoms with Crippen LogP contribution in [0.1, 0.15) is 18.2 Å². The molecule has 1 unspecified atom stereocenters. The van der Waals surface area contributed by atoms with E-state index in [1.165, 1.54) is 6.07 Å². The lowest BCUT2D eigenvalue weighted by Gasteiger charge is -2.17. The standard InChI is InChI=1S/C11H15F3N2O/c1-7-4-9(6-15-3)5-10(16-7)17-8(2)11(12,13)14/h4-5,8,15H,6H2,1-3H3. The number of aromatic nitrogens is 1. The Morgan fingerprint density at radius 2 is 2.06 bits per heavy atom. The Hall–Kier alpha value is -1.30. The second kappa shape index (κ2) is 5.35. The summed E-state index contributed by atoms with van der Waals surface area (Å²) in [6.45, 7) is 3.23.